The summed E-state index contributed by atoms with van der Waals surface area (Å²) in [5.41, 5.74) is 2.56. The first-order valence-corrected chi connectivity index (χ1v) is 10.2. The van der Waals surface area contributed by atoms with Crippen molar-refractivity contribution in [3.8, 4) is 0 Å². The molecule has 2 aliphatic rings. The van der Waals surface area contributed by atoms with E-state index in [4.69, 9.17) is 9.72 Å². The average Bonchev–Trinajstić information content (AvgIpc) is 3.43. The molecular formula is C21H21N3O2S. The minimum atomic E-state index is -0.358. The zero-order chi connectivity index (χ0) is 18.3. The van der Waals surface area contributed by atoms with Crippen LogP contribution in [0.2, 0.25) is 0 Å². The van der Waals surface area contributed by atoms with Gasteiger partial charge in [-0.15, -0.1) is 0 Å². The molecule has 2 fully saturated rings. The second kappa shape index (κ2) is 6.62. The van der Waals surface area contributed by atoms with E-state index in [1.54, 1.807) is 11.3 Å². The molecule has 0 unspecified atom stereocenters. The Kier molecular flexibility index (Phi) is 4.10. The zero-order valence-corrected chi connectivity index (χ0v) is 15.8. The van der Waals surface area contributed by atoms with Crippen molar-refractivity contribution in [2.75, 3.05) is 36.5 Å². The van der Waals surface area contributed by atoms with E-state index in [2.05, 4.69) is 10.2 Å². The van der Waals surface area contributed by atoms with Crippen LogP contribution in [0.4, 0.5) is 10.8 Å². The number of thiazole rings is 1. The third kappa shape index (κ3) is 3.09. The van der Waals surface area contributed by atoms with Gasteiger partial charge in [0.15, 0.2) is 5.13 Å². The van der Waals surface area contributed by atoms with Gasteiger partial charge in [0, 0.05) is 18.8 Å². The van der Waals surface area contributed by atoms with E-state index < -0.39 is 0 Å². The van der Waals surface area contributed by atoms with Gasteiger partial charge in [0.1, 0.15) is 0 Å². The van der Waals surface area contributed by atoms with Crippen LogP contribution in [0.3, 0.4) is 0 Å². The fourth-order valence-corrected chi connectivity index (χ4v) is 4.72. The second-order valence-corrected chi connectivity index (χ2v) is 8.19. The minimum absolute atomic E-state index is 0.0889. The number of nitrogens with one attached hydrogen (secondary N) is 1. The van der Waals surface area contributed by atoms with Crippen molar-refractivity contribution in [3.05, 3.63) is 54.1 Å². The van der Waals surface area contributed by atoms with Gasteiger partial charge in [0.05, 0.1) is 28.8 Å². The molecule has 138 valence electrons. The van der Waals surface area contributed by atoms with E-state index in [1.807, 2.05) is 48.5 Å². The van der Waals surface area contributed by atoms with Gasteiger partial charge in [-0.3, -0.25) is 4.79 Å². The molecule has 1 aliphatic carbocycles. The summed E-state index contributed by atoms with van der Waals surface area (Å²) in [6.07, 6.45) is 1.82. The number of aromatic nitrogens is 1. The molecule has 1 amide bonds. The Morgan fingerprint density at radius 3 is 2.63 bits per heavy atom. The highest BCUT2D eigenvalue weighted by Crippen LogP contribution is 2.49. The predicted octanol–water partition coefficient (Wildman–Crippen LogP) is 3.80. The Balaban J connectivity index is 1.37. The molecule has 1 aliphatic heterocycles. The van der Waals surface area contributed by atoms with E-state index in [1.165, 1.54) is 0 Å². The standard InChI is InChI=1S/C21H21N3O2S/c25-19(21(8-9-21)15-4-2-1-3-5-15)22-16-6-7-17-18(14-16)27-20(23-17)24-10-12-26-13-11-24/h1-7,14H,8-13H2,(H,22,25). The molecule has 27 heavy (non-hydrogen) atoms. The molecule has 2 aromatic carbocycles. The van der Waals surface area contributed by atoms with Crippen molar-refractivity contribution in [1.82, 2.24) is 4.98 Å². The number of anilines is 2. The van der Waals surface area contributed by atoms with Crippen LogP contribution in [0.15, 0.2) is 48.5 Å². The Labute approximate surface area is 162 Å². The number of carbonyl (C=O) groups excluding carboxylic acids is 1. The first-order valence-electron chi connectivity index (χ1n) is 9.35. The van der Waals surface area contributed by atoms with Gasteiger partial charge in [-0.1, -0.05) is 41.7 Å². The molecule has 1 N–H and O–H groups in total. The van der Waals surface area contributed by atoms with Gasteiger partial charge in [0.2, 0.25) is 5.91 Å². The fourth-order valence-electron chi connectivity index (χ4n) is 3.66. The van der Waals surface area contributed by atoms with E-state index in [9.17, 15) is 4.79 Å². The number of benzene rings is 2. The molecule has 0 atom stereocenters. The molecule has 2 heterocycles. The molecule has 1 saturated heterocycles. The van der Waals surface area contributed by atoms with E-state index in [-0.39, 0.29) is 11.3 Å². The van der Waals surface area contributed by atoms with Crippen LogP contribution in [-0.2, 0) is 14.9 Å². The summed E-state index contributed by atoms with van der Waals surface area (Å²) in [4.78, 5) is 19.9. The number of rotatable bonds is 4. The van der Waals surface area contributed by atoms with Crippen LogP contribution in [0.1, 0.15) is 18.4 Å². The highest BCUT2D eigenvalue weighted by Gasteiger charge is 2.51. The fraction of sp³-hybridized carbons (Fsp3) is 0.333. The number of hydrogen-bond acceptors (Lipinski definition) is 5. The number of amides is 1. The first kappa shape index (κ1) is 16.7. The molecule has 0 radical (unpaired) electrons. The Morgan fingerprint density at radius 1 is 1.11 bits per heavy atom. The van der Waals surface area contributed by atoms with Gasteiger partial charge < -0.3 is 15.0 Å². The minimum Gasteiger partial charge on any atom is -0.378 e. The Hall–Kier alpha value is -2.44. The third-order valence-electron chi connectivity index (χ3n) is 5.43. The van der Waals surface area contributed by atoms with Crippen molar-refractivity contribution in [1.29, 1.82) is 0 Å². The monoisotopic (exact) mass is 379 g/mol. The lowest BCUT2D eigenvalue weighted by Crippen LogP contribution is -2.36. The topological polar surface area (TPSA) is 54.5 Å². The molecule has 0 bridgehead atoms. The summed E-state index contributed by atoms with van der Waals surface area (Å²) < 4.78 is 6.52. The molecule has 1 aromatic heterocycles. The predicted molar refractivity (Wildman–Crippen MR) is 109 cm³/mol. The van der Waals surface area contributed by atoms with Gasteiger partial charge in [-0.25, -0.2) is 4.98 Å². The number of hydrogen-bond donors (Lipinski definition) is 1. The van der Waals surface area contributed by atoms with Gasteiger partial charge >= 0.3 is 0 Å². The van der Waals surface area contributed by atoms with Crippen LogP contribution < -0.4 is 10.2 Å². The Morgan fingerprint density at radius 2 is 1.89 bits per heavy atom. The third-order valence-corrected chi connectivity index (χ3v) is 6.51. The average molecular weight is 379 g/mol. The van der Waals surface area contributed by atoms with Gasteiger partial charge in [-0.05, 0) is 36.6 Å². The van der Waals surface area contributed by atoms with Crippen LogP contribution in [0.25, 0.3) is 10.2 Å². The molecule has 6 heteroatoms. The smallest absolute Gasteiger partial charge is 0.235 e. The quantitative estimate of drug-likeness (QED) is 0.749. The Bertz CT molecular complexity index is 976. The maximum absolute atomic E-state index is 12.9. The highest BCUT2D eigenvalue weighted by molar-refractivity contribution is 7.22. The SMILES string of the molecule is O=C(Nc1ccc2nc(N3CCOCC3)sc2c1)C1(c2ccccc2)CC1. The van der Waals surface area contributed by atoms with Crippen molar-refractivity contribution >= 4 is 38.3 Å². The van der Waals surface area contributed by atoms with E-state index in [0.29, 0.717) is 0 Å². The van der Waals surface area contributed by atoms with Gasteiger partial charge in [0.25, 0.3) is 0 Å². The molecule has 3 aromatic rings. The summed E-state index contributed by atoms with van der Waals surface area (Å²) in [6, 6.07) is 16.1. The summed E-state index contributed by atoms with van der Waals surface area (Å²) in [7, 11) is 0. The number of ether oxygens (including phenoxy) is 1. The maximum Gasteiger partial charge on any atom is 0.235 e. The lowest BCUT2D eigenvalue weighted by Gasteiger charge is -2.25. The van der Waals surface area contributed by atoms with Gasteiger partial charge in [-0.2, -0.15) is 0 Å². The highest BCUT2D eigenvalue weighted by atomic mass is 32.1. The summed E-state index contributed by atoms with van der Waals surface area (Å²) >= 11 is 1.67. The van der Waals surface area contributed by atoms with Crippen LogP contribution >= 0.6 is 11.3 Å². The molecular weight excluding hydrogens is 358 g/mol. The van der Waals surface area contributed by atoms with Crippen molar-refractivity contribution in [2.24, 2.45) is 0 Å². The van der Waals surface area contributed by atoms with E-state index >= 15 is 0 Å². The number of carbonyl (C=O) groups is 1. The van der Waals surface area contributed by atoms with Crippen LogP contribution in [0, 0.1) is 0 Å². The van der Waals surface area contributed by atoms with Crippen molar-refractivity contribution in [3.63, 3.8) is 0 Å². The van der Waals surface area contributed by atoms with Crippen molar-refractivity contribution in [2.45, 2.75) is 18.3 Å². The van der Waals surface area contributed by atoms with E-state index in [0.717, 1.165) is 65.7 Å². The molecule has 5 nitrogen and oxygen atoms in total. The molecule has 1 saturated carbocycles. The summed E-state index contributed by atoms with van der Waals surface area (Å²) in [5, 5.41) is 4.16. The second-order valence-electron chi connectivity index (χ2n) is 7.18. The number of fused-ring (bicyclic) bond motifs is 1. The lowest BCUT2D eigenvalue weighted by atomic mass is 9.95. The maximum atomic E-state index is 12.9. The largest absolute Gasteiger partial charge is 0.378 e. The summed E-state index contributed by atoms with van der Waals surface area (Å²) in [5.74, 6) is 0.0889. The first-order chi connectivity index (χ1) is 13.2. The molecule has 5 rings (SSSR count). The zero-order valence-electron chi connectivity index (χ0n) is 15.0. The van der Waals surface area contributed by atoms with Crippen molar-refractivity contribution < 1.29 is 9.53 Å². The summed E-state index contributed by atoms with van der Waals surface area (Å²) in [6.45, 7) is 3.25. The normalized spacial score (nSPS) is 18.4. The van der Waals surface area contributed by atoms with Crippen LogP contribution in [0.5, 0.6) is 0 Å². The number of nitrogens with zero attached hydrogens (tertiary/aromatic N) is 2. The lowest BCUT2D eigenvalue weighted by molar-refractivity contribution is -0.118. The van der Waals surface area contributed by atoms with Crippen LogP contribution in [-0.4, -0.2) is 37.2 Å². The molecule has 0 spiro atoms. The number of morpholine rings is 1.